The molecule has 0 aliphatic carbocycles. The Morgan fingerprint density at radius 3 is 2.18 bits per heavy atom. The van der Waals surface area contributed by atoms with E-state index in [0.717, 1.165) is 30.5 Å². The molecular formula is C6H13N2NaS2. The first-order valence-electron chi connectivity index (χ1n) is 3.36. The maximum atomic E-state index is 4.93. The topological polar surface area (TPSA) is 6.48 Å². The molecular weight excluding hydrogens is 187 g/mol. The molecule has 1 heterocycles. The number of nitrogens with zero attached hydrogens (tertiary/aromatic N) is 2. The van der Waals surface area contributed by atoms with Crippen molar-refractivity contribution in [3.63, 3.8) is 0 Å². The van der Waals surface area contributed by atoms with Gasteiger partial charge in [0.15, 0.2) is 0 Å². The Hall–Kier alpha value is 1.20. The molecule has 1 rings (SSSR count). The van der Waals surface area contributed by atoms with Crippen LogP contribution in [0, 0.1) is 0 Å². The molecule has 60 valence electrons. The van der Waals surface area contributed by atoms with Crippen LogP contribution in [0.4, 0.5) is 0 Å². The molecule has 0 N–H and O–H groups in total. The molecule has 0 bridgehead atoms. The monoisotopic (exact) mass is 200 g/mol. The van der Waals surface area contributed by atoms with E-state index < -0.39 is 0 Å². The van der Waals surface area contributed by atoms with Gasteiger partial charge >= 0.3 is 29.6 Å². The summed E-state index contributed by atoms with van der Waals surface area (Å²) in [7, 11) is 2.12. The first-order chi connectivity index (χ1) is 4.70. The van der Waals surface area contributed by atoms with Crippen LogP contribution in [0.1, 0.15) is 1.43 Å². The van der Waals surface area contributed by atoms with Gasteiger partial charge in [-0.15, -0.1) is 12.6 Å². The van der Waals surface area contributed by atoms with Crippen molar-refractivity contribution in [3.05, 3.63) is 0 Å². The third-order valence-electron chi connectivity index (χ3n) is 1.77. The van der Waals surface area contributed by atoms with Crippen molar-refractivity contribution in [2.45, 2.75) is 0 Å². The normalized spacial score (nSPS) is 19.3. The first-order valence-corrected chi connectivity index (χ1v) is 4.22. The van der Waals surface area contributed by atoms with Gasteiger partial charge in [0, 0.05) is 26.2 Å². The van der Waals surface area contributed by atoms with E-state index in [1.165, 1.54) is 0 Å². The predicted molar refractivity (Wildman–Crippen MR) is 51.8 cm³/mol. The number of hydrogen-bond donors (Lipinski definition) is 1. The Labute approximate surface area is 102 Å². The molecule has 0 aromatic heterocycles. The molecule has 1 aliphatic heterocycles. The van der Waals surface area contributed by atoms with Crippen molar-refractivity contribution in [1.82, 2.24) is 9.80 Å². The van der Waals surface area contributed by atoms with E-state index in [2.05, 4.69) is 29.5 Å². The summed E-state index contributed by atoms with van der Waals surface area (Å²) in [6, 6.07) is 0. The third-order valence-corrected chi connectivity index (χ3v) is 2.31. The Balaban J connectivity index is 0. The number of thiocarbonyl (C=S) groups is 1. The summed E-state index contributed by atoms with van der Waals surface area (Å²) < 4.78 is 0.730. The number of likely N-dealkylation sites (N-methyl/N-ethyl adjacent to an activating group) is 1. The molecule has 0 amide bonds. The van der Waals surface area contributed by atoms with Crippen LogP contribution in [0.15, 0.2) is 0 Å². The van der Waals surface area contributed by atoms with Crippen LogP contribution >= 0.6 is 24.8 Å². The average Bonchev–Trinajstić information content (AvgIpc) is 1.88. The second-order valence-corrected chi connectivity index (χ2v) is 3.69. The Morgan fingerprint density at radius 1 is 1.36 bits per heavy atom. The fourth-order valence-corrected chi connectivity index (χ4v) is 1.38. The van der Waals surface area contributed by atoms with Crippen LogP contribution in [-0.2, 0) is 0 Å². The average molecular weight is 200 g/mol. The van der Waals surface area contributed by atoms with E-state index in [1.54, 1.807) is 0 Å². The molecule has 1 fully saturated rings. The van der Waals surface area contributed by atoms with Gasteiger partial charge in [-0.05, 0) is 7.05 Å². The summed E-state index contributed by atoms with van der Waals surface area (Å²) in [5.41, 5.74) is 0. The largest absolute Gasteiger partial charge is 1.00 e. The maximum absolute atomic E-state index is 4.93. The minimum Gasteiger partial charge on any atom is -1.00 e. The van der Waals surface area contributed by atoms with Gasteiger partial charge in [0.05, 0.1) is 0 Å². The van der Waals surface area contributed by atoms with E-state index in [-0.39, 0.29) is 31.0 Å². The SMILES string of the molecule is CN1CCN(C(=S)S)CC1.[H-].[Na+]. The summed E-state index contributed by atoms with van der Waals surface area (Å²) in [5, 5.41) is 0. The van der Waals surface area contributed by atoms with Crippen molar-refractivity contribution >= 4 is 29.2 Å². The second kappa shape index (κ2) is 5.78. The first kappa shape index (κ1) is 12.2. The number of thiol groups is 1. The maximum Gasteiger partial charge on any atom is 1.00 e. The molecule has 0 spiro atoms. The molecule has 0 aromatic rings. The fraction of sp³-hybridized carbons (Fsp3) is 0.833. The summed E-state index contributed by atoms with van der Waals surface area (Å²) >= 11 is 9.04. The number of piperazine rings is 1. The van der Waals surface area contributed by atoms with Crippen LogP contribution in [-0.4, -0.2) is 47.3 Å². The molecule has 5 heteroatoms. The van der Waals surface area contributed by atoms with Gasteiger partial charge in [-0.3, -0.25) is 0 Å². The van der Waals surface area contributed by atoms with Crippen LogP contribution in [0.3, 0.4) is 0 Å². The van der Waals surface area contributed by atoms with Crippen LogP contribution in [0.25, 0.3) is 0 Å². The molecule has 0 unspecified atom stereocenters. The molecule has 0 radical (unpaired) electrons. The van der Waals surface area contributed by atoms with Gasteiger partial charge in [-0.1, -0.05) is 12.2 Å². The molecule has 0 aromatic carbocycles. The second-order valence-electron chi connectivity index (χ2n) is 2.57. The van der Waals surface area contributed by atoms with Gasteiger partial charge in [0.2, 0.25) is 0 Å². The van der Waals surface area contributed by atoms with E-state index in [9.17, 15) is 0 Å². The standard InChI is InChI=1S/C6H12N2S2.Na.H/c1-7-2-4-8(5-3-7)6(9)10;;/h2-5H2,1H3,(H,9,10);;/q;+1;-1. The fourth-order valence-electron chi connectivity index (χ4n) is 0.998. The molecule has 0 saturated carbocycles. The summed E-state index contributed by atoms with van der Waals surface area (Å²) in [4.78, 5) is 4.42. The van der Waals surface area contributed by atoms with E-state index >= 15 is 0 Å². The zero-order chi connectivity index (χ0) is 7.56. The van der Waals surface area contributed by atoms with Crippen LogP contribution in [0.5, 0.6) is 0 Å². The Bertz CT molecular complexity index is 140. The Morgan fingerprint density at radius 2 is 1.82 bits per heavy atom. The van der Waals surface area contributed by atoms with E-state index in [0.29, 0.717) is 0 Å². The van der Waals surface area contributed by atoms with E-state index in [4.69, 9.17) is 12.2 Å². The van der Waals surface area contributed by atoms with Crippen molar-refractivity contribution in [1.29, 1.82) is 0 Å². The molecule has 1 saturated heterocycles. The summed E-state index contributed by atoms with van der Waals surface area (Å²) in [5.74, 6) is 0. The molecule has 1 aliphatic rings. The quantitative estimate of drug-likeness (QED) is 0.264. The molecule has 2 nitrogen and oxygen atoms in total. The van der Waals surface area contributed by atoms with Crippen LogP contribution < -0.4 is 29.6 Å². The smallest absolute Gasteiger partial charge is 1.00 e. The zero-order valence-electron chi connectivity index (χ0n) is 8.08. The summed E-state index contributed by atoms with van der Waals surface area (Å²) in [6.45, 7) is 4.25. The van der Waals surface area contributed by atoms with Gasteiger partial charge < -0.3 is 11.2 Å². The van der Waals surface area contributed by atoms with Crippen molar-refractivity contribution in [2.75, 3.05) is 33.2 Å². The van der Waals surface area contributed by atoms with Crippen molar-refractivity contribution < 1.29 is 31.0 Å². The van der Waals surface area contributed by atoms with Crippen molar-refractivity contribution in [3.8, 4) is 0 Å². The zero-order valence-corrected chi connectivity index (χ0v) is 10.8. The van der Waals surface area contributed by atoms with Gasteiger partial charge in [-0.2, -0.15) is 0 Å². The number of rotatable bonds is 0. The molecule has 11 heavy (non-hydrogen) atoms. The predicted octanol–water partition coefficient (Wildman–Crippen LogP) is -2.43. The minimum atomic E-state index is 0. The van der Waals surface area contributed by atoms with Gasteiger partial charge in [0.1, 0.15) is 4.32 Å². The Kier molecular flexibility index (Phi) is 6.41. The van der Waals surface area contributed by atoms with Gasteiger partial charge in [0.25, 0.3) is 0 Å². The molecule has 0 atom stereocenters. The van der Waals surface area contributed by atoms with Crippen molar-refractivity contribution in [2.24, 2.45) is 0 Å². The van der Waals surface area contributed by atoms with Gasteiger partial charge in [-0.25, -0.2) is 0 Å². The minimum absolute atomic E-state index is 0. The summed E-state index contributed by atoms with van der Waals surface area (Å²) in [6.07, 6.45) is 0. The number of hydrogen-bond acceptors (Lipinski definition) is 2. The van der Waals surface area contributed by atoms with E-state index in [1.807, 2.05) is 0 Å². The van der Waals surface area contributed by atoms with Crippen LogP contribution in [0.2, 0.25) is 0 Å². The third kappa shape index (κ3) is 4.10.